The summed E-state index contributed by atoms with van der Waals surface area (Å²) < 4.78 is 16.1. The Labute approximate surface area is 174 Å². The van der Waals surface area contributed by atoms with Crippen molar-refractivity contribution < 1.29 is 14.2 Å². The van der Waals surface area contributed by atoms with Gasteiger partial charge in [0.05, 0.1) is 21.3 Å². The highest BCUT2D eigenvalue weighted by molar-refractivity contribution is 5.79. The molecule has 2 aromatic rings. The highest BCUT2D eigenvalue weighted by Gasteiger charge is 2.06. The molecule has 6 nitrogen and oxygen atoms in total. The molecule has 0 atom stereocenters. The second-order valence-corrected chi connectivity index (χ2v) is 6.78. The summed E-state index contributed by atoms with van der Waals surface area (Å²) in [5.41, 5.74) is 3.65. The highest BCUT2D eigenvalue weighted by Crippen LogP contribution is 2.27. The van der Waals surface area contributed by atoms with Crippen LogP contribution in [0.1, 0.15) is 23.1 Å². The maximum absolute atomic E-state index is 5.45. The predicted molar refractivity (Wildman–Crippen MR) is 119 cm³/mol. The van der Waals surface area contributed by atoms with Gasteiger partial charge < -0.3 is 24.8 Å². The second-order valence-electron chi connectivity index (χ2n) is 6.78. The minimum absolute atomic E-state index is 0.754. The molecular formula is C23H33N3O3. The molecule has 2 aromatic carbocycles. The van der Waals surface area contributed by atoms with Gasteiger partial charge in [-0.3, -0.25) is 4.99 Å². The molecule has 0 aliphatic rings. The van der Waals surface area contributed by atoms with Gasteiger partial charge in [-0.05, 0) is 55.5 Å². The van der Waals surface area contributed by atoms with E-state index in [1.54, 1.807) is 28.4 Å². The largest absolute Gasteiger partial charge is 0.496 e. The van der Waals surface area contributed by atoms with Gasteiger partial charge in [-0.1, -0.05) is 23.8 Å². The van der Waals surface area contributed by atoms with Crippen LogP contribution in [0, 0.1) is 6.92 Å². The molecule has 0 saturated heterocycles. The first-order chi connectivity index (χ1) is 14.1. The number of nitrogens with one attached hydrogen (secondary N) is 2. The second kappa shape index (κ2) is 11.8. The number of benzene rings is 2. The fourth-order valence-electron chi connectivity index (χ4n) is 3.17. The van der Waals surface area contributed by atoms with Crippen molar-refractivity contribution in [2.24, 2.45) is 4.99 Å². The number of rotatable bonds is 10. The molecule has 29 heavy (non-hydrogen) atoms. The van der Waals surface area contributed by atoms with Crippen molar-refractivity contribution in [2.75, 3.05) is 41.5 Å². The lowest BCUT2D eigenvalue weighted by Crippen LogP contribution is -2.38. The van der Waals surface area contributed by atoms with Gasteiger partial charge in [0, 0.05) is 20.1 Å². The van der Waals surface area contributed by atoms with Crippen molar-refractivity contribution in [3.8, 4) is 17.2 Å². The van der Waals surface area contributed by atoms with E-state index in [9.17, 15) is 0 Å². The third kappa shape index (κ3) is 6.89. The van der Waals surface area contributed by atoms with Gasteiger partial charge in [0.25, 0.3) is 0 Å². The molecule has 0 aliphatic heterocycles. The van der Waals surface area contributed by atoms with E-state index in [-0.39, 0.29) is 0 Å². The lowest BCUT2D eigenvalue weighted by atomic mass is 10.1. The Hall–Kier alpha value is -2.89. The minimum atomic E-state index is 0.754. The number of nitrogens with zero attached hydrogens (tertiary/aromatic N) is 1. The summed E-state index contributed by atoms with van der Waals surface area (Å²) in [7, 11) is 6.80. The quantitative estimate of drug-likeness (QED) is 0.364. The van der Waals surface area contributed by atoms with Crippen molar-refractivity contribution in [2.45, 2.75) is 26.2 Å². The topological polar surface area (TPSA) is 64.1 Å². The fourth-order valence-corrected chi connectivity index (χ4v) is 3.17. The standard InChI is InChI=1S/C23H33N3O3/c1-17-8-10-20(27-3)19(15-17)12-14-26-23(24-2)25-13-6-7-18-9-11-21(28-4)22(16-18)29-5/h8-11,15-16H,6-7,12-14H2,1-5H3,(H2,24,25,26). The molecule has 0 aliphatic carbocycles. The molecule has 0 heterocycles. The summed E-state index contributed by atoms with van der Waals surface area (Å²) in [6.07, 6.45) is 2.81. The number of aliphatic imine (C=N–C) groups is 1. The monoisotopic (exact) mass is 399 g/mol. The lowest BCUT2D eigenvalue weighted by Gasteiger charge is -2.14. The van der Waals surface area contributed by atoms with Gasteiger partial charge >= 0.3 is 0 Å². The normalized spacial score (nSPS) is 11.1. The van der Waals surface area contributed by atoms with Gasteiger partial charge in [-0.2, -0.15) is 0 Å². The van der Waals surface area contributed by atoms with Crippen molar-refractivity contribution >= 4 is 5.96 Å². The maximum atomic E-state index is 5.45. The van der Waals surface area contributed by atoms with Crippen LogP contribution in [-0.2, 0) is 12.8 Å². The number of hydrogen-bond donors (Lipinski definition) is 2. The Kier molecular flexibility index (Phi) is 9.15. The minimum Gasteiger partial charge on any atom is -0.496 e. The molecule has 2 rings (SSSR count). The maximum Gasteiger partial charge on any atom is 0.190 e. The molecular weight excluding hydrogens is 366 g/mol. The summed E-state index contributed by atoms with van der Waals surface area (Å²) in [5.74, 6) is 3.26. The summed E-state index contributed by atoms with van der Waals surface area (Å²) in [5, 5.41) is 6.74. The first-order valence-electron chi connectivity index (χ1n) is 9.90. The van der Waals surface area contributed by atoms with Gasteiger partial charge in [0.2, 0.25) is 0 Å². The zero-order valence-electron chi connectivity index (χ0n) is 18.2. The number of methoxy groups -OCH3 is 3. The van der Waals surface area contributed by atoms with Crippen LogP contribution in [0.5, 0.6) is 17.2 Å². The summed E-state index contributed by atoms with van der Waals surface area (Å²) in [4.78, 5) is 4.30. The van der Waals surface area contributed by atoms with Crippen LogP contribution in [0.4, 0.5) is 0 Å². The van der Waals surface area contributed by atoms with Crippen LogP contribution >= 0.6 is 0 Å². The van der Waals surface area contributed by atoms with E-state index in [0.717, 1.165) is 55.6 Å². The molecule has 0 radical (unpaired) electrons. The van der Waals surface area contributed by atoms with E-state index in [1.165, 1.54) is 16.7 Å². The molecule has 0 fully saturated rings. The Morgan fingerprint density at radius 1 is 0.828 bits per heavy atom. The Morgan fingerprint density at radius 2 is 1.52 bits per heavy atom. The SMILES string of the molecule is CN=C(NCCCc1ccc(OC)c(OC)c1)NCCc1cc(C)ccc1OC. The van der Waals surface area contributed by atoms with Gasteiger partial charge in [-0.15, -0.1) is 0 Å². The number of guanidine groups is 1. The van der Waals surface area contributed by atoms with Gasteiger partial charge in [0.15, 0.2) is 17.5 Å². The lowest BCUT2D eigenvalue weighted by molar-refractivity contribution is 0.354. The van der Waals surface area contributed by atoms with Crippen LogP contribution in [-0.4, -0.2) is 47.4 Å². The zero-order valence-corrected chi connectivity index (χ0v) is 18.2. The van der Waals surface area contributed by atoms with E-state index >= 15 is 0 Å². The van der Waals surface area contributed by atoms with Gasteiger partial charge in [-0.25, -0.2) is 0 Å². The van der Waals surface area contributed by atoms with Crippen LogP contribution in [0.3, 0.4) is 0 Å². The van der Waals surface area contributed by atoms with Gasteiger partial charge in [0.1, 0.15) is 5.75 Å². The van der Waals surface area contributed by atoms with Crippen molar-refractivity contribution in [1.82, 2.24) is 10.6 Å². The Morgan fingerprint density at radius 3 is 2.21 bits per heavy atom. The zero-order chi connectivity index (χ0) is 21.1. The van der Waals surface area contributed by atoms with Crippen molar-refractivity contribution in [3.63, 3.8) is 0 Å². The average molecular weight is 400 g/mol. The van der Waals surface area contributed by atoms with Crippen LogP contribution < -0.4 is 24.8 Å². The summed E-state index contributed by atoms with van der Waals surface area (Å²) in [6.45, 7) is 3.71. The molecule has 0 bridgehead atoms. The first-order valence-corrected chi connectivity index (χ1v) is 9.90. The van der Waals surface area contributed by atoms with E-state index in [2.05, 4.69) is 40.7 Å². The van der Waals surface area contributed by atoms with E-state index < -0.39 is 0 Å². The number of hydrogen-bond acceptors (Lipinski definition) is 4. The molecule has 0 amide bonds. The summed E-state index contributed by atoms with van der Waals surface area (Å²) in [6, 6.07) is 12.3. The predicted octanol–water partition coefficient (Wildman–Crippen LogP) is 3.36. The van der Waals surface area contributed by atoms with Crippen LogP contribution in [0.15, 0.2) is 41.4 Å². The van der Waals surface area contributed by atoms with Crippen molar-refractivity contribution in [1.29, 1.82) is 0 Å². The molecule has 0 saturated carbocycles. The first kappa shape index (κ1) is 22.4. The molecule has 158 valence electrons. The van der Waals surface area contributed by atoms with Crippen molar-refractivity contribution in [3.05, 3.63) is 53.1 Å². The fraction of sp³-hybridized carbons (Fsp3) is 0.435. The summed E-state index contributed by atoms with van der Waals surface area (Å²) >= 11 is 0. The number of ether oxygens (including phenoxy) is 3. The molecule has 0 spiro atoms. The Bertz CT molecular complexity index is 806. The average Bonchev–Trinajstić information content (AvgIpc) is 2.75. The molecule has 6 heteroatoms. The third-order valence-corrected chi connectivity index (χ3v) is 4.73. The third-order valence-electron chi connectivity index (χ3n) is 4.73. The number of aryl methyl sites for hydroxylation is 2. The highest BCUT2D eigenvalue weighted by atomic mass is 16.5. The van der Waals surface area contributed by atoms with Crippen LogP contribution in [0.25, 0.3) is 0 Å². The molecule has 0 unspecified atom stereocenters. The van der Waals surface area contributed by atoms with E-state index in [4.69, 9.17) is 14.2 Å². The van der Waals surface area contributed by atoms with E-state index in [1.807, 2.05) is 18.2 Å². The molecule has 2 N–H and O–H groups in total. The molecule has 0 aromatic heterocycles. The smallest absolute Gasteiger partial charge is 0.190 e. The van der Waals surface area contributed by atoms with E-state index in [0.29, 0.717) is 0 Å². The Balaban J connectivity index is 1.75. The van der Waals surface area contributed by atoms with Crippen LogP contribution in [0.2, 0.25) is 0 Å².